The number of nitrogens with one attached hydrogen (secondary N) is 1. The summed E-state index contributed by atoms with van der Waals surface area (Å²) in [6, 6.07) is 17.7. The van der Waals surface area contributed by atoms with Crippen LogP contribution in [0, 0.1) is 0 Å². The third-order valence-electron chi connectivity index (χ3n) is 3.99. The van der Waals surface area contributed by atoms with E-state index in [2.05, 4.69) is 10.3 Å². The second-order valence-electron chi connectivity index (χ2n) is 5.92. The highest BCUT2D eigenvalue weighted by atomic mass is 16.5. The lowest BCUT2D eigenvalue weighted by Crippen LogP contribution is -2.42. The molecular weight excluding hydrogens is 342 g/mol. The highest BCUT2D eigenvalue weighted by molar-refractivity contribution is 5.79. The van der Waals surface area contributed by atoms with Crippen molar-refractivity contribution in [2.45, 2.75) is 6.61 Å². The summed E-state index contributed by atoms with van der Waals surface area (Å²) in [4.78, 5) is 6.33. The first kappa shape index (κ1) is 20.6. The Bertz CT molecular complexity index is 692. The second-order valence-corrected chi connectivity index (χ2v) is 5.92. The van der Waals surface area contributed by atoms with E-state index < -0.39 is 0 Å². The summed E-state index contributed by atoms with van der Waals surface area (Å²) in [5, 5.41) is 3.30. The SMILES string of the molecule is CN=C(NCCOCc1ccccc1OC)N(C)CCOc1ccccc1. The van der Waals surface area contributed by atoms with Crippen molar-refractivity contribution in [2.75, 3.05) is 47.5 Å². The van der Waals surface area contributed by atoms with Gasteiger partial charge >= 0.3 is 0 Å². The summed E-state index contributed by atoms with van der Waals surface area (Å²) >= 11 is 0. The van der Waals surface area contributed by atoms with Crippen molar-refractivity contribution in [1.29, 1.82) is 0 Å². The molecule has 0 aliphatic carbocycles. The lowest BCUT2D eigenvalue weighted by Gasteiger charge is -2.22. The largest absolute Gasteiger partial charge is 0.496 e. The molecule has 2 aromatic rings. The summed E-state index contributed by atoms with van der Waals surface area (Å²) in [7, 11) is 5.42. The molecule has 0 fully saturated rings. The topological polar surface area (TPSA) is 55.3 Å². The van der Waals surface area contributed by atoms with Gasteiger partial charge in [0, 0.05) is 26.2 Å². The van der Waals surface area contributed by atoms with E-state index in [1.54, 1.807) is 14.2 Å². The molecule has 27 heavy (non-hydrogen) atoms. The third kappa shape index (κ3) is 7.19. The first-order valence-electron chi connectivity index (χ1n) is 9.04. The highest BCUT2D eigenvalue weighted by Crippen LogP contribution is 2.17. The molecule has 2 aromatic carbocycles. The van der Waals surface area contributed by atoms with Crippen LogP contribution < -0.4 is 14.8 Å². The van der Waals surface area contributed by atoms with Crippen LogP contribution in [0.1, 0.15) is 5.56 Å². The van der Waals surface area contributed by atoms with Gasteiger partial charge in [-0.1, -0.05) is 36.4 Å². The van der Waals surface area contributed by atoms with E-state index >= 15 is 0 Å². The smallest absolute Gasteiger partial charge is 0.193 e. The number of aliphatic imine (C=N–C) groups is 1. The maximum absolute atomic E-state index is 5.74. The zero-order chi connectivity index (χ0) is 19.3. The fourth-order valence-electron chi connectivity index (χ4n) is 2.55. The number of ether oxygens (including phenoxy) is 3. The van der Waals surface area contributed by atoms with Crippen molar-refractivity contribution in [3.63, 3.8) is 0 Å². The van der Waals surface area contributed by atoms with E-state index in [0.29, 0.717) is 26.4 Å². The fraction of sp³-hybridized carbons (Fsp3) is 0.381. The van der Waals surface area contributed by atoms with Crippen LogP contribution in [-0.4, -0.2) is 58.4 Å². The molecule has 0 amide bonds. The maximum atomic E-state index is 5.74. The molecule has 0 aromatic heterocycles. The van der Waals surface area contributed by atoms with Gasteiger partial charge in [0.1, 0.15) is 18.1 Å². The van der Waals surface area contributed by atoms with E-state index in [9.17, 15) is 0 Å². The number of benzene rings is 2. The molecule has 6 heteroatoms. The van der Waals surface area contributed by atoms with Crippen LogP contribution in [0.4, 0.5) is 0 Å². The average Bonchev–Trinajstić information content (AvgIpc) is 2.71. The summed E-state index contributed by atoms with van der Waals surface area (Å²) in [5.74, 6) is 2.53. The van der Waals surface area contributed by atoms with E-state index in [0.717, 1.165) is 29.6 Å². The average molecular weight is 371 g/mol. The maximum Gasteiger partial charge on any atom is 0.193 e. The number of hydrogen-bond donors (Lipinski definition) is 1. The van der Waals surface area contributed by atoms with Crippen LogP contribution >= 0.6 is 0 Å². The number of likely N-dealkylation sites (N-methyl/N-ethyl adjacent to an activating group) is 1. The first-order chi connectivity index (χ1) is 13.2. The quantitative estimate of drug-likeness (QED) is 0.395. The molecule has 1 N–H and O–H groups in total. The van der Waals surface area contributed by atoms with Gasteiger partial charge in [0.15, 0.2) is 5.96 Å². The molecule has 0 saturated heterocycles. The zero-order valence-corrected chi connectivity index (χ0v) is 16.4. The fourth-order valence-corrected chi connectivity index (χ4v) is 2.55. The van der Waals surface area contributed by atoms with E-state index in [-0.39, 0.29) is 0 Å². The Hall–Kier alpha value is -2.73. The molecular formula is C21H29N3O3. The highest BCUT2D eigenvalue weighted by Gasteiger charge is 2.06. The summed E-state index contributed by atoms with van der Waals surface area (Å²) in [6.07, 6.45) is 0. The summed E-state index contributed by atoms with van der Waals surface area (Å²) in [5.41, 5.74) is 1.04. The van der Waals surface area contributed by atoms with Gasteiger partial charge in [-0.05, 0) is 18.2 Å². The Morgan fingerprint density at radius 2 is 1.78 bits per heavy atom. The van der Waals surface area contributed by atoms with Crippen LogP contribution in [0.3, 0.4) is 0 Å². The van der Waals surface area contributed by atoms with Crippen molar-refractivity contribution in [2.24, 2.45) is 4.99 Å². The first-order valence-corrected chi connectivity index (χ1v) is 9.04. The van der Waals surface area contributed by atoms with Crippen molar-refractivity contribution in [1.82, 2.24) is 10.2 Å². The Labute approximate surface area is 161 Å². The predicted molar refractivity (Wildman–Crippen MR) is 109 cm³/mol. The van der Waals surface area contributed by atoms with E-state index in [1.807, 2.05) is 66.5 Å². The molecule has 0 radical (unpaired) electrons. The minimum Gasteiger partial charge on any atom is -0.496 e. The minimum atomic E-state index is 0.519. The number of rotatable bonds is 10. The molecule has 146 valence electrons. The monoisotopic (exact) mass is 371 g/mol. The molecule has 0 spiro atoms. The lowest BCUT2D eigenvalue weighted by atomic mass is 10.2. The Kier molecular flexibility index (Phi) is 9.00. The third-order valence-corrected chi connectivity index (χ3v) is 3.99. The van der Waals surface area contributed by atoms with Gasteiger partial charge < -0.3 is 24.4 Å². The number of nitrogens with zero attached hydrogens (tertiary/aromatic N) is 2. The van der Waals surface area contributed by atoms with Gasteiger partial charge in [-0.15, -0.1) is 0 Å². The lowest BCUT2D eigenvalue weighted by molar-refractivity contribution is 0.123. The van der Waals surface area contributed by atoms with Crippen molar-refractivity contribution >= 4 is 5.96 Å². The van der Waals surface area contributed by atoms with Crippen molar-refractivity contribution in [3.05, 3.63) is 60.2 Å². The summed E-state index contributed by atoms with van der Waals surface area (Å²) in [6.45, 7) is 3.09. The zero-order valence-electron chi connectivity index (χ0n) is 16.4. The molecule has 0 bridgehead atoms. The molecule has 0 heterocycles. The van der Waals surface area contributed by atoms with Crippen molar-refractivity contribution < 1.29 is 14.2 Å². The molecule has 2 rings (SSSR count). The van der Waals surface area contributed by atoms with Crippen LogP contribution in [0.25, 0.3) is 0 Å². The van der Waals surface area contributed by atoms with E-state index in [4.69, 9.17) is 14.2 Å². The van der Waals surface area contributed by atoms with Crippen LogP contribution in [0.5, 0.6) is 11.5 Å². The Morgan fingerprint density at radius 1 is 1.04 bits per heavy atom. The van der Waals surface area contributed by atoms with Gasteiger partial charge in [0.25, 0.3) is 0 Å². The number of guanidine groups is 1. The molecule has 0 atom stereocenters. The van der Waals surface area contributed by atoms with Crippen molar-refractivity contribution in [3.8, 4) is 11.5 Å². The van der Waals surface area contributed by atoms with Crippen LogP contribution in [0.2, 0.25) is 0 Å². The normalized spacial score (nSPS) is 11.1. The van der Waals surface area contributed by atoms with Gasteiger partial charge in [-0.3, -0.25) is 4.99 Å². The molecule has 0 unspecified atom stereocenters. The number of para-hydroxylation sites is 2. The van der Waals surface area contributed by atoms with Gasteiger partial charge in [-0.2, -0.15) is 0 Å². The number of methoxy groups -OCH3 is 1. The van der Waals surface area contributed by atoms with Gasteiger partial charge in [0.05, 0.1) is 26.9 Å². The minimum absolute atomic E-state index is 0.519. The predicted octanol–water partition coefficient (Wildman–Crippen LogP) is 2.80. The van der Waals surface area contributed by atoms with Crippen LogP contribution in [0.15, 0.2) is 59.6 Å². The molecule has 0 aliphatic rings. The number of hydrogen-bond acceptors (Lipinski definition) is 4. The van der Waals surface area contributed by atoms with Gasteiger partial charge in [0.2, 0.25) is 0 Å². The summed E-state index contributed by atoms with van der Waals surface area (Å²) < 4.78 is 16.8. The Balaban J connectivity index is 1.64. The molecule has 6 nitrogen and oxygen atoms in total. The van der Waals surface area contributed by atoms with Gasteiger partial charge in [-0.25, -0.2) is 0 Å². The Morgan fingerprint density at radius 3 is 2.52 bits per heavy atom. The molecule has 0 aliphatic heterocycles. The van der Waals surface area contributed by atoms with E-state index in [1.165, 1.54) is 0 Å². The second kappa shape index (κ2) is 11.8. The van der Waals surface area contributed by atoms with Crippen LogP contribution in [-0.2, 0) is 11.3 Å². The standard InChI is InChI=1S/C21H29N3O3/c1-22-21(24(2)14-16-27-19-10-5-4-6-11-19)23-13-15-26-17-18-9-7-8-12-20(18)25-3/h4-12H,13-17H2,1-3H3,(H,22,23). The molecule has 0 saturated carbocycles.